The van der Waals surface area contributed by atoms with Gasteiger partial charge >= 0.3 is 0 Å². The summed E-state index contributed by atoms with van der Waals surface area (Å²) >= 11 is 0. The van der Waals surface area contributed by atoms with Crippen LogP contribution in [0.1, 0.15) is 49.8 Å². The minimum Gasteiger partial charge on any atom is -0.497 e. The van der Waals surface area contributed by atoms with E-state index in [4.69, 9.17) is 4.74 Å². The van der Waals surface area contributed by atoms with Gasteiger partial charge < -0.3 is 15.4 Å². The molecule has 0 spiro atoms. The van der Waals surface area contributed by atoms with Crippen molar-refractivity contribution in [2.75, 3.05) is 19.0 Å². The van der Waals surface area contributed by atoms with Crippen LogP contribution in [-0.4, -0.2) is 19.6 Å². The summed E-state index contributed by atoms with van der Waals surface area (Å²) in [5.41, 5.74) is 3.41. The second-order valence-corrected chi connectivity index (χ2v) is 7.25. The van der Waals surface area contributed by atoms with Crippen LogP contribution in [0.3, 0.4) is 0 Å². The molecule has 1 saturated carbocycles. The predicted molar refractivity (Wildman–Crippen MR) is 106 cm³/mol. The lowest BCUT2D eigenvalue weighted by Gasteiger charge is -2.20. The lowest BCUT2D eigenvalue weighted by Crippen LogP contribution is -2.34. The number of benzene rings is 2. The van der Waals surface area contributed by atoms with E-state index in [1.807, 2.05) is 42.5 Å². The molecule has 1 unspecified atom stereocenters. The van der Waals surface area contributed by atoms with Gasteiger partial charge in [-0.2, -0.15) is 0 Å². The van der Waals surface area contributed by atoms with Crippen molar-refractivity contribution in [3.8, 4) is 5.75 Å². The summed E-state index contributed by atoms with van der Waals surface area (Å²) in [5.74, 6) is 1.81. The monoisotopic (exact) mass is 352 g/mol. The third-order valence-corrected chi connectivity index (χ3v) is 4.91. The van der Waals surface area contributed by atoms with Crippen LogP contribution in [0.5, 0.6) is 5.75 Å². The molecule has 138 valence electrons. The number of carbonyl (C=O) groups excluding carboxylic acids is 1. The first-order valence-corrected chi connectivity index (χ1v) is 9.34. The quantitative estimate of drug-likeness (QED) is 0.735. The SMILES string of the molecule is COc1ccc(C(NC(=O)CNc2ccccc2C(C)C)C2CC2)cc1. The Morgan fingerprint density at radius 3 is 2.42 bits per heavy atom. The van der Waals surface area contributed by atoms with Gasteiger partial charge in [-0.1, -0.05) is 44.2 Å². The van der Waals surface area contributed by atoms with Crippen LogP contribution in [0.25, 0.3) is 0 Å². The minimum absolute atomic E-state index is 0.0243. The Labute approximate surface area is 156 Å². The lowest BCUT2D eigenvalue weighted by atomic mass is 10.0. The largest absolute Gasteiger partial charge is 0.497 e. The van der Waals surface area contributed by atoms with Gasteiger partial charge in [0.05, 0.1) is 19.7 Å². The van der Waals surface area contributed by atoms with Crippen molar-refractivity contribution >= 4 is 11.6 Å². The Bertz CT molecular complexity index is 736. The number of methoxy groups -OCH3 is 1. The fourth-order valence-electron chi connectivity index (χ4n) is 3.28. The standard InChI is InChI=1S/C22H28N2O2/c1-15(2)19-6-4-5-7-20(19)23-14-21(25)24-22(16-8-9-16)17-10-12-18(26-3)13-11-17/h4-7,10-13,15-16,22-23H,8-9,14H2,1-3H3,(H,24,25). The molecular weight excluding hydrogens is 324 g/mol. The van der Waals surface area contributed by atoms with Crippen LogP contribution >= 0.6 is 0 Å². The summed E-state index contributed by atoms with van der Waals surface area (Å²) in [6.45, 7) is 4.60. The fraction of sp³-hybridized carbons (Fsp3) is 0.409. The summed E-state index contributed by atoms with van der Waals surface area (Å²) < 4.78 is 5.23. The van der Waals surface area contributed by atoms with Gasteiger partial charge in [-0.3, -0.25) is 4.79 Å². The zero-order valence-electron chi connectivity index (χ0n) is 15.8. The van der Waals surface area contributed by atoms with Crippen molar-refractivity contribution in [2.45, 2.75) is 38.6 Å². The van der Waals surface area contributed by atoms with Crippen LogP contribution < -0.4 is 15.4 Å². The molecule has 4 heteroatoms. The van der Waals surface area contributed by atoms with Crippen molar-refractivity contribution in [3.63, 3.8) is 0 Å². The molecular formula is C22H28N2O2. The van der Waals surface area contributed by atoms with Gasteiger partial charge in [-0.15, -0.1) is 0 Å². The number of ether oxygens (including phenoxy) is 1. The highest BCUT2D eigenvalue weighted by Crippen LogP contribution is 2.41. The first-order chi connectivity index (χ1) is 12.6. The maximum Gasteiger partial charge on any atom is 0.239 e. The molecule has 4 nitrogen and oxygen atoms in total. The van der Waals surface area contributed by atoms with Gasteiger partial charge in [-0.25, -0.2) is 0 Å². The molecule has 26 heavy (non-hydrogen) atoms. The highest BCUT2D eigenvalue weighted by Gasteiger charge is 2.33. The average Bonchev–Trinajstić information content (AvgIpc) is 3.50. The number of hydrogen-bond donors (Lipinski definition) is 2. The van der Waals surface area contributed by atoms with Crippen LogP contribution in [0.2, 0.25) is 0 Å². The highest BCUT2D eigenvalue weighted by molar-refractivity contribution is 5.81. The molecule has 0 saturated heterocycles. The van der Waals surface area contributed by atoms with Crippen LogP contribution in [0, 0.1) is 5.92 Å². The Morgan fingerprint density at radius 2 is 1.81 bits per heavy atom. The molecule has 0 radical (unpaired) electrons. The first kappa shape index (κ1) is 18.3. The third-order valence-electron chi connectivity index (χ3n) is 4.91. The number of amides is 1. The van der Waals surface area contributed by atoms with Crippen molar-refractivity contribution < 1.29 is 9.53 Å². The predicted octanol–water partition coefficient (Wildman–Crippen LogP) is 4.50. The number of anilines is 1. The summed E-state index contributed by atoms with van der Waals surface area (Å²) in [6, 6.07) is 16.2. The maximum atomic E-state index is 12.5. The van der Waals surface area contributed by atoms with Crippen LogP contribution in [0.15, 0.2) is 48.5 Å². The summed E-state index contributed by atoms with van der Waals surface area (Å²) in [7, 11) is 1.66. The molecule has 0 aliphatic heterocycles. The van der Waals surface area contributed by atoms with Gasteiger partial charge in [0.25, 0.3) is 0 Å². The number of carbonyl (C=O) groups is 1. The molecule has 1 fully saturated rings. The Morgan fingerprint density at radius 1 is 1.12 bits per heavy atom. The zero-order chi connectivity index (χ0) is 18.5. The van der Waals surface area contributed by atoms with E-state index in [0.717, 1.165) is 17.0 Å². The highest BCUT2D eigenvalue weighted by atomic mass is 16.5. The van der Waals surface area contributed by atoms with Crippen LogP contribution in [0.4, 0.5) is 5.69 Å². The molecule has 0 heterocycles. The van der Waals surface area contributed by atoms with E-state index >= 15 is 0 Å². The molecule has 1 aliphatic rings. The molecule has 2 aromatic carbocycles. The number of rotatable bonds is 8. The molecule has 1 amide bonds. The first-order valence-electron chi connectivity index (χ1n) is 9.34. The molecule has 2 aromatic rings. The Hall–Kier alpha value is -2.49. The molecule has 0 aromatic heterocycles. The second-order valence-electron chi connectivity index (χ2n) is 7.25. The van der Waals surface area contributed by atoms with Crippen molar-refractivity contribution in [2.24, 2.45) is 5.92 Å². The summed E-state index contributed by atoms with van der Waals surface area (Å²) in [4.78, 5) is 12.5. The van der Waals surface area contributed by atoms with Gasteiger partial charge in [0.1, 0.15) is 5.75 Å². The van der Waals surface area contributed by atoms with Gasteiger partial charge in [0.15, 0.2) is 0 Å². The van der Waals surface area contributed by atoms with E-state index in [1.54, 1.807) is 7.11 Å². The third kappa shape index (κ3) is 4.57. The summed E-state index contributed by atoms with van der Waals surface area (Å²) in [6.07, 6.45) is 2.33. The molecule has 1 aliphatic carbocycles. The second kappa shape index (κ2) is 8.26. The fourth-order valence-corrected chi connectivity index (χ4v) is 3.28. The molecule has 1 atom stereocenters. The van der Waals surface area contributed by atoms with E-state index in [-0.39, 0.29) is 18.5 Å². The van der Waals surface area contributed by atoms with E-state index in [9.17, 15) is 4.79 Å². The van der Waals surface area contributed by atoms with Gasteiger partial charge in [-0.05, 0) is 54.0 Å². The topological polar surface area (TPSA) is 50.4 Å². The number of nitrogens with one attached hydrogen (secondary N) is 2. The normalized spacial score (nSPS) is 14.8. The maximum absolute atomic E-state index is 12.5. The molecule has 0 bridgehead atoms. The Balaban J connectivity index is 1.62. The van der Waals surface area contributed by atoms with Crippen LogP contribution in [-0.2, 0) is 4.79 Å². The van der Waals surface area contributed by atoms with E-state index in [0.29, 0.717) is 11.8 Å². The van der Waals surface area contributed by atoms with E-state index in [1.165, 1.54) is 18.4 Å². The molecule has 3 rings (SSSR count). The Kier molecular flexibility index (Phi) is 5.82. The lowest BCUT2D eigenvalue weighted by molar-refractivity contribution is -0.120. The van der Waals surface area contributed by atoms with Crippen molar-refractivity contribution in [1.82, 2.24) is 5.32 Å². The van der Waals surface area contributed by atoms with Crippen molar-refractivity contribution in [1.29, 1.82) is 0 Å². The van der Waals surface area contributed by atoms with Gasteiger partial charge in [0, 0.05) is 5.69 Å². The van der Waals surface area contributed by atoms with E-state index < -0.39 is 0 Å². The smallest absolute Gasteiger partial charge is 0.239 e. The van der Waals surface area contributed by atoms with E-state index in [2.05, 4.69) is 30.5 Å². The van der Waals surface area contributed by atoms with Gasteiger partial charge in [0.2, 0.25) is 5.91 Å². The number of hydrogen-bond acceptors (Lipinski definition) is 3. The molecule has 2 N–H and O–H groups in total. The zero-order valence-corrected chi connectivity index (χ0v) is 15.8. The average molecular weight is 352 g/mol. The van der Waals surface area contributed by atoms with Crippen molar-refractivity contribution in [3.05, 3.63) is 59.7 Å². The minimum atomic E-state index is 0.0243. The summed E-state index contributed by atoms with van der Waals surface area (Å²) in [5, 5.41) is 6.51. The number of para-hydroxylation sites is 1.